The summed E-state index contributed by atoms with van der Waals surface area (Å²) in [5, 5.41) is 13.9. The molecule has 3 N–H and O–H groups in total. The second-order valence-electron chi connectivity index (χ2n) is 4.96. The van der Waals surface area contributed by atoms with Crippen LogP contribution in [0.3, 0.4) is 0 Å². The van der Waals surface area contributed by atoms with E-state index in [1.807, 2.05) is 0 Å². The molecule has 0 aromatic carbocycles. The van der Waals surface area contributed by atoms with Crippen LogP contribution in [0.1, 0.15) is 34.6 Å². The molecule has 0 saturated heterocycles. The summed E-state index contributed by atoms with van der Waals surface area (Å²) in [7, 11) is 0. The fraction of sp³-hybridized carbons (Fsp3) is 0.818. The molecule has 6 nitrogen and oxygen atoms in total. The SMILES string of the molecule is CC(O)CNC(=O)[C@H](C)NC(=O)OC(C)(C)C. The number of aliphatic hydroxyl groups excluding tert-OH is 1. The van der Waals surface area contributed by atoms with Crippen molar-refractivity contribution in [2.75, 3.05) is 6.54 Å². The number of amides is 2. The van der Waals surface area contributed by atoms with Crippen LogP contribution in [0.4, 0.5) is 4.79 Å². The van der Waals surface area contributed by atoms with Gasteiger partial charge in [-0.15, -0.1) is 0 Å². The lowest BCUT2D eigenvalue weighted by molar-refractivity contribution is -0.123. The van der Waals surface area contributed by atoms with Gasteiger partial charge in [0.25, 0.3) is 0 Å². The monoisotopic (exact) mass is 246 g/mol. The van der Waals surface area contributed by atoms with Crippen molar-refractivity contribution in [3.63, 3.8) is 0 Å². The zero-order chi connectivity index (χ0) is 13.6. The molecule has 0 spiro atoms. The van der Waals surface area contributed by atoms with Crippen LogP contribution in [-0.4, -0.2) is 41.4 Å². The summed E-state index contributed by atoms with van der Waals surface area (Å²) in [5.41, 5.74) is -0.597. The highest BCUT2D eigenvalue weighted by molar-refractivity contribution is 5.85. The number of nitrogens with one attached hydrogen (secondary N) is 2. The Labute approximate surface area is 102 Å². The summed E-state index contributed by atoms with van der Waals surface area (Å²) in [5.74, 6) is -0.364. The Morgan fingerprint density at radius 3 is 2.24 bits per heavy atom. The highest BCUT2D eigenvalue weighted by atomic mass is 16.6. The van der Waals surface area contributed by atoms with E-state index in [2.05, 4.69) is 10.6 Å². The molecule has 0 fully saturated rings. The zero-order valence-corrected chi connectivity index (χ0v) is 11.0. The molecule has 0 aliphatic heterocycles. The van der Waals surface area contributed by atoms with Crippen LogP contribution in [-0.2, 0) is 9.53 Å². The molecule has 2 amide bonds. The zero-order valence-electron chi connectivity index (χ0n) is 11.0. The van der Waals surface area contributed by atoms with Gasteiger partial charge in [-0.1, -0.05) is 0 Å². The molecule has 0 saturated carbocycles. The van der Waals surface area contributed by atoms with E-state index in [-0.39, 0.29) is 12.5 Å². The van der Waals surface area contributed by atoms with Gasteiger partial charge in [-0.25, -0.2) is 4.79 Å². The lowest BCUT2D eigenvalue weighted by Gasteiger charge is -2.21. The summed E-state index contributed by atoms with van der Waals surface area (Å²) in [4.78, 5) is 22.8. The van der Waals surface area contributed by atoms with Gasteiger partial charge < -0.3 is 20.5 Å². The van der Waals surface area contributed by atoms with Crippen LogP contribution >= 0.6 is 0 Å². The molecule has 0 heterocycles. The van der Waals surface area contributed by atoms with Gasteiger partial charge in [-0.3, -0.25) is 4.79 Å². The maximum atomic E-state index is 11.5. The average molecular weight is 246 g/mol. The van der Waals surface area contributed by atoms with E-state index in [1.54, 1.807) is 34.6 Å². The number of alkyl carbamates (subject to hydrolysis) is 1. The van der Waals surface area contributed by atoms with Gasteiger partial charge in [-0.2, -0.15) is 0 Å². The predicted molar refractivity (Wildman–Crippen MR) is 63.5 cm³/mol. The molecule has 0 rings (SSSR count). The first-order valence-corrected chi connectivity index (χ1v) is 5.57. The van der Waals surface area contributed by atoms with Crippen molar-refractivity contribution >= 4 is 12.0 Å². The van der Waals surface area contributed by atoms with Crippen LogP contribution in [0, 0.1) is 0 Å². The van der Waals surface area contributed by atoms with Crippen molar-refractivity contribution in [1.82, 2.24) is 10.6 Å². The van der Waals surface area contributed by atoms with Crippen molar-refractivity contribution in [2.45, 2.75) is 52.4 Å². The molecule has 0 radical (unpaired) electrons. The molecule has 1 unspecified atom stereocenters. The van der Waals surface area contributed by atoms with E-state index in [1.165, 1.54) is 0 Å². The maximum absolute atomic E-state index is 11.5. The first-order valence-electron chi connectivity index (χ1n) is 5.57. The number of hydrogen-bond acceptors (Lipinski definition) is 4. The van der Waals surface area contributed by atoms with Crippen molar-refractivity contribution in [3.8, 4) is 0 Å². The van der Waals surface area contributed by atoms with E-state index >= 15 is 0 Å². The Morgan fingerprint density at radius 2 is 1.82 bits per heavy atom. The number of carbonyl (C=O) groups excluding carboxylic acids is 2. The van der Waals surface area contributed by atoms with Crippen molar-refractivity contribution in [3.05, 3.63) is 0 Å². The van der Waals surface area contributed by atoms with Crippen LogP contribution in [0.5, 0.6) is 0 Å². The van der Waals surface area contributed by atoms with Crippen molar-refractivity contribution < 1.29 is 19.4 Å². The summed E-state index contributed by atoms with van der Waals surface area (Å²) < 4.78 is 5.00. The number of aliphatic hydroxyl groups is 1. The molecule has 0 aromatic heterocycles. The molecule has 0 bridgehead atoms. The van der Waals surface area contributed by atoms with Gasteiger partial charge in [0, 0.05) is 6.54 Å². The van der Waals surface area contributed by atoms with Crippen LogP contribution in [0.25, 0.3) is 0 Å². The van der Waals surface area contributed by atoms with Gasteiger partial charge in [0.2, 0.25) is 5.91 Å². The van der Waals surface area contributed by atoms with Gasteiger partial charge >= 0.3 is 6.09 Å². The van der Waals surface area contributed by atoms with E-state index in [4.69, 9.17) is 9.84 Å². The summed E-state index contributed by atoms with van der Waals surface area (Å²) >= 11 is 0. The Morgan fingerprint density at radius 1 is 1.29 bits per heavy atom. The highest BCUT2D eigenvalue weighted by Gasteiger charge is 2.20. The first kappa shape index (κ1) is 15.7. The standard InChI is InChI=1S/C11H22N2O4/c1-7(14)6-12-9(15)8(2)13-10(16)17-11(3,4)5/h7-8,14H,6H2,1-5H3,(H,12,15)(H,13,16)/t7?,8-/m0/s1. The molecule has 0 aliphatic rings. The third kappa shape index (κ3) is 8.50. The quantitative estimate of drug-likeness (QED) is 0.670. The Bertz CT molecular complexity index is 271. The first-order chi connectivity index (χ1) is 7.61. The predicted octanol–water partition coefficient (Wildman–Crippen LogP) is 0.397. The average Bonchev–Trinajstić information content (AvgIpc) is 2.10. The fourth-order valence-electron chi connectivity index (χ4n) is 0.951. The molecule has 2 atom stereocenters. The normalized spacial score (nSPS) is 14.7. The van der Waals surface area contributed by atoms with Crippen LogP contribution < -0.4 is 10.6 Å². The summed E-state index contributed by atoms with van der Waals surface area (Å²) in [6, 6.07) is -0.705. The summed E-state index contributed by atoms with van der Waals surface area (Å²) in [6.45, 7) is 8.48. The van der Waals surface area contributed by atoms with E-state index in [0.717, 1.165) is 0 Å². The topological polar surface area (TPSA) is 87.7 Å². The Balaban J connectivity index is 4.03. The number of hydrogen-bond donors (Lipinski definition) is 3. The van der Waals surface area contributed by atoms with Gasteiger partial charge in [-0.05, 0) is 34.6 Å². The molecule has 17 heavy (non-hydrogen) atoms. The van der Waals surface area contributed by atoms with Crippen molar-refractivity contribution in [2.24, 2.45) is 0 Å². The minimum Gasteiger partial charge on any atom is -0.444 e. The molecule has 0 aliphatic carbocycles. The number of rotatable bonds is 4. The maximum Gasteiger partial charge on any atom is 0.408 e. The Kier molecular flexibility index (Phi) is 5.95. The third-order valence-electron chi connectivity index (χ3n) is 1.70. The fourth-order valence-corrected chi connectivity index (χ4v) is 0.951. The van der Waals surface area contributed by atoms with E-state index in [9.17, 15) is 9.59 Å². The molecule has 100 valence electrons. The van der Waals surface area contributed by atoms with Crippen molar-refractivity contribution in [1.29, 1.82) is 0 Å². The van der Waals surface area contributed by atoms with Gasteiger partial charge in [0.05, 0.1) is 6.10 Å². The summed E-state index contributed by atoms with van der Waals surface area (Å²) in [6.07, 6.45) is -1.26. The van der Waals surface area contributed by atoms with Crippen LogP contribution in [0.15, 0.2) is 0 Å². The second kappa shape index (κ2) is 6.44. The molecule has 0 aromatic rings. The van der Waals surface area contributed by atoms with Gasteiger partial charge in [0.15, 0.2) is 0 Å². The molecular weight excluding hydrogens is 224 g/mol. The van der Waals surface area contributed by atoms with Crippen LogP contribution in [0.2, 0.25) is 0 Å². The minimum atomic E-state index is -0.705. The lowest BCUT2D eigenvalue weighted by atomic mass is 10.2. The number of ether oxygens (including phenoxy) is 1. The highest BCUT2D eigenvalue weighted by Crippen LogP contribution is 2.06. The largest absolute Gasteiger partial charge is 0.444 e. The third-order valence-corrected chi connectivity index (χ3v) is 1.70. The van der Waals surface area contributed by atoms with Gasteiger partial charge in [0.1, 0.15) is 11.6 Å². The van der Waals surface area contributed by atoms with E-state index < -0.39 is 23.8 Å². The smallest absolute Gasteiger partial charge is 0.408 e. The Hall–Kier alpha value is -1.30. The minimum absolute atomic E-state index is 0.152. The number of carbonyl (C=O) groups is 2. The molecule has 6 heteroatoms. The molecular formula is C11H22N2O4. The second-order valence-corrected chi connectivity index (χ2v) is 4.96. The lowest BCUT2D eigenvalue weighted by Crippen LogP contribution is -2.47. The van der Waals surface area contributed by atoms with E-state index in [0.29, 0.717) is 0 Å².